The minimum Gasteiger partial charge on any atom is -0.147 e. The second kappa shape index (κ2) is 6.84. The molecule has 2 saturated heterocycles. The van der Waals surface area contributed by atoms with Gasteiger partial charge >= 0.3 is 123 Å². The van der Waals surface area contributed by atoms with Crippen LogP contribution in [-0.4, -0.2) is 63.4 Å². The molecule has 4 nitrogen and oxygen atoms in total. The van der Waals surface area contributed by atoms with Gasteiger partial charge in [0.25, 0.3) is 0 Å². The van der Waals surface area contributed by atoms with Gasteiger partial charge in [-0.05, 0) is 0 Å². The second-order valence-corrected chi connectivity index (χ2v) is 12.2. The molecule has 2 bridgehead atoms. The van der Waals surface area contributed by atoms with Crippen LogP contribution in [0.15, 0.2) is 12.9 Å². The average molecular weight is 400 g/mol. The van der Waals surface area contributed by atoms with Crippen molar-refractivity contribution in [1.29, 1.82) is 0 Å². The molecule has 3 aliphatic rings. The summed E-state index contributed by atoms with van der Waals surface area (Å²) in [7, 11) is 2.24. The van der Waals surface area contributed by atoms with E-state index in [0.717, 1.165) is 12.8 Å². The molecule has 0 radical (unpaired) electrons. The van der Waals surface area contributed by atoms with Crippen molar-refractivity contribution in [2.24, 2.45) is 2.98 Å². The molecule has 6 heteroatoms. The number of nitrogens with one attached hydrogen (secondary N) is 1. The van der Waals surface area contributed by atoms with Crippen LogP contribution in [0.25, 0.3) is 0 Å². The van der Waals surface area contributed by atoms with E-state index in [0.29, 0.717) is 23.8 Å². The van der Waals surface area contributed by atoms with Crippen molar-refractivity contribution in [3.8, 4) is 0 Å². The number of amides is 1. The summed E-state index contributed by atoms with van der Waals surface area (Å²) in [5.41, 5.74) is 0.687. The van der Waals surface area contributed by atoms with E-state index >= 15 is 0 Å². The molecule has 0 aliphatic carbocycles. The van der Waals surface area contributed by atoms with Gasteiger partial charge in [-0.2, -0.15) is 0 Å². The summed E-state index contributed by atoms with van der Waals surface area (Å²) in [6.45, 7) is 0. The zero-order valence-electron chi connectivity index (χ0n) is 12.2. The van der Waals surface area contributed by atoms with E-state index in [1.807, 2.05) is 6.08 Å². The van der Waals surface area contributed by atoms with Crippen molar-refractivity contribution in [3.63, 3.8) is 0 Å². The summed E-state index contributed by atoms with van der Waals surface area (Å²) in [5, 5.41) is 3.22. The van der Waals surface area contributed by atoms with Gasteiger partial charge < -0.3 is 0 Å². The van der Waals surface area contributed by atoms with Gasteiger partial charge in [-0.25, -0.2) is 0 Å². The maximum absolute atomic E-state index is 12.2. The maximum atomic E-state index is 12.2. The number of carbonyl (C=O) groups excluding carboxylic acids is 1. The summed E-state index contributed by atoms with van der Waals surface area (Å²) in [5.74, 6) is 0.0601. The zero-order chi connectivity index (χ0) is 13.4. The standard InChI is InChI=1S/C13H19N3O.CH3.ClH.In/c1-3-12(14)13(17)15-9-7-10-5-4-6-11(8-9)16(10)2;;;/h1,3,9-11H,4-8H2,2H3,(H,15,17);1H3;1H;/q-1;;;+1. The molecule has 3 rings (SSSR count). The molecule has 0 aromatic carbocycles. The number of hydrogen-bond acceptors (Lipinski definition) is 3. The summed E-state index contributed by atoms with van der Waals surface area (Å²) in [4.78, 5) is 14.7. The number of piperidine rings is 2. The number of nitrogens with zero attached hydrogens (tertiary/aromatic N) is 2. The van der Waals surface area contributed by atoms with Crippen LogP contribution < -0.4 is 5.32 Å². The van der Waals surface area contributed by atoms with Gasteiger partial charge in [-0.1, -0.05) is 0 Å². The molecule has 1 N–H and O–H groups in total. The van der Waals surface area contributed by atoms with Crippen molar-refractivity contribution in [2.45, 2.75) is 54.9 Å². The van der Waals surface area contributed by atoms with Crippen molar-refractivity contribution < 1.29 is 4.79 Å². The monoisotopic (exact) mass is 399 g/mol. The molecule has 20 heavy (non-hydrogen) atoms. The Labute approximate surface area is 135 Å². The molecule has 0 aromatic rings. The van der Waals surface area contributed by atoms with E-state index in [9.17, 15) is 4.79 Å². The van der Waals surface area contributed by atoms with Crippen LogP contribution in [0, 0.1) is 0 Å². The van der Waals surface area contributed by atoms with Gasteiger partial charge in [0.05, 0.1) is 0 Å². The Morgan fingerprint density at radius 2 is 2.05 bits per heavy atom. The Hall–Kier alpha value is 0.000130. The first kappa shape index (κ1) is 16.4. The van der Waals surface area contributed by atoms with Gasteiger partial charge in [0, 0.05) is 0 Å². The van der Waals surface area contributed by atoms with Crippen molar-refractivity contribution in [1.82, 2.24) is 10.2 Å². The van der Waals surface area contributed by atoms with E-state index < -0.39 is 21.7 Å². The topological polar surface area (TPSA) is 44.7 Å². The van der Waals surface area contributed by atoms with Gasteiger partial charge in [0.2, 0.25) is 0 Å². The predicted molar refractivity (Wildman–Crippen MR) is 85.8 cm³/mol. The molecule has 2 fully saturated rings. The third-order valence-electron chi connectivity index (χ3n) is 4.78. The molecule has 2 atom stereocenters. The molecule has 1 amide bonds. The van der Waals surface area contributed by atoms with E-state index in [1.54, 1.807) is 0 Å². The predicted octanol–water partition coefficient (Wildman–Crippen LogP) is 1.71. The molecule has 0 spiro atoms. The Morgan fingerprint density at radius 3 is 2.60 bits per heavy atom. The minimum absolute atomic E-state index is 0. The fourth-order valence-electron chi connectivity index (χ4n) is 3.66. The summed E-state index contributed by atoms with van der Waals surface area (Å²) in [6.07, 6.45) is 8.07. The first-order valence-electron chi connectivity index (χ1n) is 7.42. The van der Waals surface area contributed by atoms with E-state index in [2.05, 4.69) is 28.8 Å². The SMILES string of the molecule is CN1C2CCCC1CC(NC(=O)C1=[N][In]([CH3])[CH]=C1)C2.Cl. The molecule has 110 valence electrons. The first-order chi connectivity index (χ1) is 9.13. The van der Waals surface area contributed by atoms with Crippen LogP contribution in [0.4, 0.5) is 0 Å². The second-order valence-electron chi connectivity index (χ2n) is 6.16. The van der Waals surface area contributed by atoms with Gasteiger partial charge in [0.15, 0.2) is 0 Å². The third-order valence-corrected chi connectivity index (χ3v) is 8.88. The number of fused-ring (bicyclic) bond motifs is 2. The van der Waals surface area contributed by atoms with Crippen molar-refractivity contribution >= 4 is 45.8 Å². The molecule has 3 aliphatic heterocycles. The van der Waals surface area contributed by atoms with Crippen LogP contribution >= 0.6 is 12.4 Å². The van der Waals surface area contributed by atoms with Crippen LogP contribution in [0.5, 0.6) is 0 Å². The average Bonchev–Trinajstić information content (AvgIpc) is 2.77. The van der Waals surface area contributed by atoms with Gasteiger partial charge in [-0.3, -0.25) is 0 Å². The summed E-state index contributed by atoms with van der Waals surface area (Å²) in [6, 6.07) is 1.68. The quantitative estimate of drug-likeness (QED) is 0.768. The zero-order valence-corrected chi connectivity index (χ0v) is 16.3. The van der Waals surface area contributed by atoms with Crippen LogP contribution in [0.2, 0.25) is 4.68 Å². The Bertz CT molecular complexity index is 426. The van der Waals surface area contributed by atoms with Crippen LogP contribution in [0.3, 0.4) is 0 Å². The third kappa shape index (κ3) is 3.42. The van der Waals surface area contributed by atoms with Crippen LogP contribution in [0.1, 0.15) is 32.1 Å². The van der Waals surface area contributed by atoms with E-state index in [-0.39, 0.29) is 18.3 Å². The van der Waals surface area contributed by atoms with Gasteiger partial charge in [0.1, 0.15) is 0 Å². The van der Waals surface area contributed by atoms with Crippen molar-refractivity contribution in [3.05, 3.63) is 9.91 Å². The number of carbonyl (C=O) groups is 1. The molecule has 3 heterocycles. The van der Waals surface area contributed by atoms with E-state index in [1.165, 1.54) is 19.3 Å². The Balaban J connectivity index is 0.00000147. The Morgan fingerprint density at radius 1 is 1.40 bits per heavy atom. The summed E-state index contributed by atoms with van der Waals surface area (Å²) >= 11 is -1.76. The smallest absolute Gasteiger partial charge is 0.147 e. The fraction of sp³-hybridized carbons (Fsp3) is 0.714. The van der Waals surface area contributed by atoms with Crippen LogP contribution in [-0.2, 0) is 4.79 Å². The molecular weight excluding hydrogens is 376 g/mol. The number of hydrogen-bond donors (Lipinski definition) is 1. The molecule has 2 unspecified atom stereocenters. The first-order valence-corrected chi connectivity index (χ1v) is 14.1. The maximum Gasteiger partial charge on any atom is -0.147 e. The summed E-state index contributed by atoms with van der Waals surface area (Å²) < 4.78 is 8.92. The van der Waals surface area contributed by atoms with E-state index in [4.69, 9.17) is 0 Å². The number of rotatable bonds is 2. The largest absolute Gasteiger partial charge is 0.147 e. The molecule has 0 saturated carbocycles. The fourth-order valence-corrected chi connectivity index (χ4v) is 7.06. The molecule has 0 aromatic heterocycles. The van der Waals surface area contributed by atoms with Gasteiger partial charge in [-0.15, -0.1) is 12.4 Å². The minimum atomic E-state index is -1.76. The Kier molecular flexibility index (Phi) is 5.60. The number of halogens is 1. The normalized spacial score (nSPS) is 32.6. The van der Waals surface area contributed by atoms with Crippen molar-refractivity contribution in [2.75, 3.05) is 7.05 Å². The molecular formula is C14H23ClInN3O.